The van der Waals surface area contributed by atoms with Gasteiger partial charge in [0.25, 0.3) is 5.91 Å². The molecular weight excluding hydrogens is 402 g/mol. The number of anilines is 1. The van der Waals surface area contributed by atoms with E-state index in [4.69, 9.17) is 5.73 Å². The minimum Gasteiger partial charge on any atom is -0.382 e. The first-order valence-corrected chi connectivity index (χ1v) is 10.9. The Morgan fingerprint density at radius 1 is 1.09 bits per heavy atom. The summed E-state index contributed by atoms with van der Waals surface area (Å²) < 4.78 is 0. The monoisotopic (exact) mass is 433 g/mol. The highest BCUT2D eigenvalue weighted by molar-refractivity contribution is 5.94. The number of likely N-dealkylation sites (tertiary alicyclic amines) is 1. The molecule has 5 rings (SSSR count). The van der Waals surface area contributed by atoms with Crippen LogP contribution in [0.1, 0.15) is 27.5 Å². The van der Waals surface area contributed by atoms with Gasteiger partial charge in [0.05, 0.1) is 22.9 Å². The largest absolute Gasteiger partial charge is 0.382 e. The number of amides is 1. The van der Waals surface area contributed by atoms with Gasteiger partial charge in [0, 0.05) is 28.5 Å². The van der Waals surface area contributed by atoms with Crippen molar-refractivity contribution in [3.05, 3.63) is 60.3 Å². The molecule has 1 aliphatic rings. The van der Waals surface area contributed by atoms with Crippen LogP contribution in [0.3, 0.4) is 0 Å². The standard InChI is InChI=1S/C24H25N7O.3H2/c25-22-21(23-29-18-5-1-2-6-19(18)30-23)28-20(15-27-22)16-7-9-17(10-8-16)24(32)26-11-14-31-12-3-4-13-31;;;/h1-2,5-10,15H,3-4,11-14H2,(H2,25,27)(H,26,32)(H,29,30);3*1H. The number of carbonyl (C=O) groups is 1. The van der Waals surface area contributed by atoms with Gasteiger partial charge in [0.2, 0.25) is 0 Å². The summed E-state index contributed by atoms with van der Waals surface area (Å²) in [4.78, 5) is 31.6. The van der Waals surface area contributed by atoms with Crippen LogP contribution in [0.15, 0.2) is 54.7 Å². The van der Waals surface area contributed by atoms with Crippen LogP contribution in [-0.2, 0) is 0 Å². The van der Waals surface area contributed by atoms with E-state index >= 15 is 0 Å². The number of fused-ring (bicyclic) bond motifs is 1. The number of nitrogen functional groups attached to an aromatic ring is 1. The molecule has 4 aromatic rings. The lowest BCUT2D eigenvalue weighted by Crippen LogP contribution is -2.33. The molecule has 2 aromatic heterocycles. The summed E-state index contributed by atoms with van der Waals surface area (Å²) in [7, 11) is 0. The fourth-order valence-corrected chi connectivity index (χ4v) is 4.00. The molecule has 0 aliphatic carbocycles. The second-order valence-electron chi connectivity index (χ2n) is 7.97. The molecular formula is C24H31N7O. The average Bonchev–Trinajstić information content (AvgIpc) is 3.49. The molecule has 2 aromatic carbocycles. The third kappa shape index (κ3) is 4.17. The number of imidazole rings is 1. The van der Waals surface area contributed by atoms with Crippen molar-refractivity contribution in [3.63, 3.8) is 0 Å². The molecule has 0 spiro atoms. The fraction of sp³-hybridized carbons (Fsp3) is 0.250. The van der Waals surface area contributed by atoms with Crippen molar-refractivity contribution in [1.82, 2.24) is 30.2 Å². The van der Waals surface area contributed by atoms with Crippen LogP contribution in [0, 0.1) is 0 Å². The van der Waals surface area contributed by atoms with Crippen LogP contribution in [0.2, 0.25) is 0 Å². The zero-order valence-electron chi connectivity index (χ0n) is 17.7. The number of nitrogens with one attached hydrogen (secondary N) is 2. The number of nitrogens with zero attached hydrogens (tertiary/aromatic N) is 4. The molecule has 8 nitrogen and oxygen atoms in total. The molecule has 4 N–H and O–H groups in total. The van der Waals surface area contributed by atoms with E-state index in [1.807, 2.05) is 36.4 Å². The van der Waals surface area contributed by atoms with Gasteiger partial charge in [0.15, 0.2) is 11.6 Å². The van der Waals surface area contributed by atoms with Gasteiger partial charge in [-0.1, -0.05) is 24.3 Å². The molecule has 0 saturated carbocycles. The third-order valence-electron chi connectivity index (χ3n) is 5.77. The lowest BCUT2D eigenvalue weighted by Gasteiger charge is -2.14. The zero-order valence-corrected chi connectivity index (χ0v) is 17.7. The molecule has 0 bridgehead atoms. The smallest absolute Gasteiger partial charge is 0.251 e. The van der Waals surface area contributed by atoms with Crippen LogP contribution in [0.25, 0.3) is 33.8 Å². The Morgan fingerprint density at radius 2 is 1.88 bits per heavy atom. The van der Waals surface area contributed by atoms with E-state index in [0.717, 1.165) is 36.2 Å². The Hall–Kier alpha value is -3.78. The highest BCUT2D eigenvalue weighted by Crippen LogP contribution is 2.26. The first-order valence-electron chi connectivity index (χ1n) is 10.9. The van der Waals surface area contributed by atoms with Gasteiger partial charge in [-0.25, -0.2) is 15.0 Å². The SMILES string of the molecule is Nc1ncc(-c2ccc(C(=O)NCCN3CCCC3)cc2)nc1-c1nc2ccccc2[nH]1.[HH].[HH].[HH]. The van der Waals surface area contributed by atoms with Gasteiger partial charge >= 0.3 is 0 Å². The van der Waals surface area contributed by atoms with Crippen LogP contribution in [0.5, 0.6) is 0 Å². The number of benzene rings is 2. The van der Waals surface area contributed by atoms with E-state index < -0.39 is 0 Å². The molecule has 0 radical (unpaired) electrons. The van der Waals surface area contributed by atoms with Gasteiger partial charge in [-0.3, -0.25) is 4.79 Å². The molecule has 32 heavy (non-hydrogen) atoms. The summed E-state index contributed by atoms with van der Waals surface area (Å²) in [5.41, 5.74) is 10.5. The molecule has 0 unspecified atom stereocenters. The Morgan fingerprint density at radius 3 is 2.66 bits per heavy atom. The Bertz CT molecular complexity index is 1220. The van der Waals surface area contributed by atoms with Crippen LogP contribution in [0.4, 0.5) is 5.82 Å². The highest BCUT2D eigenvalue weighted by atomic mass is 16.1. The quantitative estimate of drug-likeness (QED) is 0.426. The predicted octanol–water partition coefficient (Wildman–Crippen LogP) is 3.83. The molecule has 3 heterocycles. The second-order valence-corrected chi connectivity index (χ2v) is 7.97. The third-order valence-corrected chi connectivity index (χ3v) is 5.77. The number of carbonyl (C=O) groups excluding carboxylic acids is 1. The summed E-state index contributed by atoms with van der Waals surface area (Å²) in [5, 5.41) is 3.00. The van der Waals surface area contributed by atoms with E-state index in [0.29, 0.717) is 35.1 Å². The van der Waals surface area contributed by atoms with Crippen molar-refractivity contribution >= 4 is 22.8 Å². The Balaban J connectivity index is 0.00000144. The molecule has 1 amide bonds. The van der Waals surface area contributed by atoms with Crippen LogP contribution >= 0.6 is 0 Å². The van der Waals surface area contributed by atoms with Gasteiger partial charge in [0.1, 0.15) is 5.69 Å². The summed E-state index contributed by atoms with van der Waals surface area (Å²) >= 11 is 0. The van der Waals surface area contributed by atoms with Crippen molar-refractivity contribution in [2.75, 3.05) is 31.9 Å². The van der Waals surface area contributed by atoms with Crippen LogP contribution < -0.4 is 11.1 Å². The normalized spacial score (nSPS) is 14.1. The number of H-pyrrole nitrogens is 1. The van der Waals surface area contributed by atoms with E-state index in [1.54, 1.807) is 18.3 Å². The molecule has 1 fully saturated rings. The number of rotatable bonds is 6. The Labute approximate surface area is 190 Å². The van der Waals surface area contributed by atoms with Crippen molar-refractivity contribution < 1.29 is 9.07 Å². The summed E-state index contributed by atoms with van der Waals surface area (Å²) in [5.74, 6) is 0.816. The molecule has 168 valence electrons. The highest BCUT2D eigenvalue weighted by Gasteiger charge is 2.14. The van der Waals surface area contributed by atoms with E-state index in [2.05, 4.69) is 30.2 Å². The second kappa shape index (κ2) is 8.76. The maximum atomic E-state index is 12.4. The Kier molecular flexibility index (Phi) is 5.51. The van der Waals surface area contributed by atoms with Crippen molar-refractivity contribution in [2.45, 2.75) is 12.8 Å². The summed E-state index contributed by atoms with van der Waals surface area (Å²) in [6.07, 6.45) is 4.13. The number of aromatic nitrogens is 4. The molecule has 1 aliphatic heterocycles. The van der Waals surface area contributed by atoms with Gasteiger partial charge in [-0.2, -0.15) is 0 Å². The molecule has 0 atom stereocenters. The fourth-order valence-electron chi connectivity index (χ4n) is 4.00. The van der Waals surface area contributed by atoms with Gasteiger partial charge < -0.3 is 20.9 Å². The van der Waals surface area contributed by atoms with Gasteiger partial charge in [-0.05, 0) is 50.2 Å². The number of para-hydroxylation sites is 2. The number of hydrogen-bond donors (Lipinski definition) is 3. The maximum Gasteiger partial charge on any atom is 0.251 e. The van der Waals surface area contributed by atoms with E-state index in [1.165, 1.54) is 12.8 Å². The predicted molar refractivity (Wildman–Crippen MR) is 131 cm³/mol. The topological polar surface area (TPSA) is 113 Å². The summed E-state index contributed by atoms with van der Waals surface area (Å²) in [6.45, 7) is 3.81. The number of aromatic amines is 1. The zero-order chi connectivity index (χ0) is 21.9. The minimum absolute atomic E-state index is 0. The summed E-state index contributed by atoms with van der Waals surface area (Å²) in [6, 6.07) is 15.1. The van der Waals surface area contributed by atoms with E-state index in [9.17, 15) is 4.79 Å². The van der Waals surface area contributed by atoms with Crippen molar-refractivity contribution in [1.29, 1.82) is 0 Å². The maximum absolute atomic E-state index is 12.4. The lowest BCUT2D eigenvalue weighted by atomic mass is 10.1. The lowest BCUT2D eigenvalue weighted by molar-refractivity contribution is 0.0950. The first-order chi connectivity index (χ1) is 15.7. The molecule has 1 saturated heterocycles. The average molecular weight is 434 g/mol. The van der Waals surface area contributed by atoms with Crippen molar-refractivity contribution in [3.8, 4) is 22.8 Å². The number of nitrogens with two attached hydrogens (primary N) is 1. The number of hydrogen-bond acceptors (Lipinski definition) is 6. The minimum atomic E-state index is -0.0675. The molecule has 8 heteroatoms. The first kappa shape index (κ1) is 20.1. The van der Waals surface area contributed by atoms with Crippen molar-refractivity contribution in [2.24, 2.45) is 0 Å². The van der Waals surface area contributed by atoms with E-state index in [-0.39, 0.29) is 10.2 Å². The van der Waals surface area contributed by atoms with Crippen LogP contribution in [-0.4, -0.2) is 56.9 Å². The van der Waals surface area contributed by atoms with Gasteiger partial charge in [-0.15, -0.1) is 0 Å².